The van der Waals surface area contributed by atoms with Crippen molar-refractivity contribution >= 4 is 18.2 Å². The van der Waals surface area contributed by atoms with E-state index in [1.165, 1.54) is 26.4 Å². The third-order valence-electron chi connectivity index (χ3n) is 7.00. The second-order valence-electron chi connectivity index (χ2n) is 10.4. The van der Waals surface area contributed by atoms with Gasteiger partial charge in [0.25, 0.3) is 0 Å². The quantitative estimate of drug-likeness (QED) is 0.0855. The summed E-state index contributed by atoms with van der Waals surface area (Å²) in [6.45, 7) is 11.7. The van der Waals surface area contributed by atoms with Gasteiger partial charge in [-0.1, -0.05) is 39.3 Å². The lowest BCUT2D eigenvalue weighted by molar-refractivity contribution is -0.338. The summed E-state index contributed by atoms with van der Waals surface area (Å²) in [5.74, 6) is -2.73. The van der Waals surface area contributed by atoms with E-state index in [-0.39, 0.29) is 19.3 Å². The van der Waals surface area contributed by atoms with Crippen molar-refractivity contribution in [1.29, 1.82) is 0 Å². The van der Waals surface area contributed by atoms with Crippen LogP contribution in [0.25, 0.3) is 0 Å². The minimum absolute atomic E-state index is 0.162. The molecule has 1 aliphatic rings. The van der Waals surface area contributed by atoms with E-state index >= 15 is 0 Å². The molecule has 0 aromatic carbocycles. The Balaban J connectivity index is 3.46. The van der Waals surface area contributed by atoms with E-state index in [1.807, 2.05) is 0 Å². The molecule has 0 saturated carbocycles. The highest BCUT2D eigenvalue weighted by Gasteiger charge is 2.59. The first-order valence-corrected chi connectivity index (χ1v) is 13.8. The van der Waals surface area contributed by atoms with Crippen molar-refractivity contribution in [3.05, 3.63) is 36.5 Å². The number of unbranched alkanes of at least 4 members (excludes halogenated alkanes) is 3. The Morgan fingerprint density at radius 2 is 1.97 bits per heavy atom. The molecule has 0 unspecified atom stereocenters. The summed E-state index contributed by atoms with van der Waals surface area (Å²) >= 11 is 0. The summed E-state index contributed by atoms with van der Waals surface area (Å²) in [7, 11) is 2.68. The molecule has 9 heteroatoms. The molecule has 39 heavy (non-hydrogen) atoms. The van der Waals surface area contributed by atoms with Gasteiger partial charge in [-0.05, 0) is 50.7 Å². The highest BCUT2D eigenvalue weighted by molar-refractivity contribution is 5.83. The molecule has 0 aromatic rings. The summed E-state index contributed by atoms with van der Waals surface area (Å²) in [6, 6.07) is 0. The Morgan fingerprint density at radius 3 is 2.56 bits per heavy atom. The lowest BCUT2D eigenvalue weighted by Crippen LogP contribution is -2.63. The highest BCUT2D eigenvalue weighted by atomic mass is 16.7. The molecule has 9 nitrogen and oxygen atoms in total. The largest absolute Gasteiger partial charge is 0.466 e. The summed E-state index contributed by atoms with van der Waals surface area (Å²) in [5.41, 5.74) is -0.586. The number of hydrogen-bond acceptors (Lipinski definition) is 9. The number of carbonyl (C=O) groups excluding carboxylic acids is 3. The van der Waals surface area contributed by atoms with Crippen LogP contribution in [0.4, 0.5) is 0 Å². The second kappa shape index (κ2) is 17.4. The molecular weight excluding hydrogens is 504 g/mol. The Labute approximate surface area is 233 Å². The number of aliphatic hydroxyl groups is 1. The molecule has 0 amide bonds. The van der Waals surface area contributed by atoms with Gasteiger partial charge in [0, 0.05) is 38.0 Å². The maximum absolute atomic E-state index is 13.0. The number of ether oxygens (including phenoxy) is 5. The van der Waals surface area contributed by atoms with Gasteiger partial charge in [-0.15, -0.1) is 6.58 Å². The summed E-state index contributed by atoms with van der Waals surface area (Å²) in [4.78, 5) is 36.6. The molecular formula is C30H48O9. The maximum atomic E-state index is 13.0. The fourth-order valence-electron chi connectivity index (χ4n) is 4.63. The first-order chi connectivity index (χ1) is 18.5. The summed E-state index contributed by atoms with van der Waals surface area (Å²) in [6.07, 6.45) is 8.14. The molecule has 0 bridgehead atoms. The standard InChI is InChI=1S/C30H48O9/c1-8-10-12-13-15-26(33)38-28-23(20-27(34)35-6)19-24(21-25(32)22(3)37-18-11-9-2)39-30(28,36-7)29(4,5)16-14-17-31/h8,14,16-17,20,22,24-25,28,32H,1,9-13,15,18-19,21H2,2-7H3/b16-14+,23-20+/t22-,24+,25-,28+,30-/m1/s1. The number of aldehydes is 1. The van der Waals surface area contributed by atoms with Gasteiger partial charge in [-0.2, -0.15) is 0 Å². The van der Waals surface area contributed by atoms with E-state index in [0.29, 0.717) is 24.9 Å². The fraction of sp³-hybridized carbons (Fsp3) is 0.700. The van der Waals surface area contributed by atoms with E-state index in [0.717, 1.165) is 25.7 Å². The van der Waals surface area contributed by atoms with Gasteiger partial charge in [0.15, 0.2) is 6.10 Å². The molecule has 1 rings (SSSR count). The minimum atomic E-state index is -1.63. The molecule has 5 atom stereocenters. The molecule has 1 aliphatic heterocycles. The fourth-order valence-corrected chi connectivity index (χ4v) is 4.63. The first kappa shape index (κ1) is 34.7. The topological polar surface area (TPSA) is 118 Å². The molecule has 0 aliphatic carbocycles. The molecule has 1 heterocycles. The van der Waals surface area contributed by atoms with E-state index in [9.17, 15) is 19.5 Å². The van der Waals surface area contributed by atoms with Gasteiger partial charge >= 0.3 is 11.9 Å². The van der Waals surface area contributed by atoms with Crippen molar-refractivity contribution in [2.75, 3.05) is 20.8 Å². The zero-order valence-corrected chi connectivity index (χ0v) is 24.5. The van der Waals surface area contributed by atoms with Crippen LogP contribution in [0, 0.1) is 5.41 Å². The first-order valence-electron chi connectivity index (χ1n) is 13.8. The summed E-state index contributed by atoms with van der Waals surface area (Å²) < 4.78 is 29.2. The van der Waals surface area contributed by atoms with Crippen LogP contribution in [0.3, 0.4) is 0 Å². The Morgan fingerprint density at radius 1 is 1.26 bits per heavy atom. The van der Waals surface area contributed by atoms with Gasteiger partial charge in [0.2, 0.25) is 5.79 Å². The Kier molecular flexibility index (Phi) is 15.5. The highest BCUT2D eigenvalue weighted by Crippen LogP contribution is 2.48. The Bertz CT molecular complexity index is 847. The van der Waals surface area contributed by atoms with E-state index < -0.39 is 47.6 Å². The minimum Gasteiger partial charge on any atom is -0.466 e. The van der Waals surface area contributed by atoms with Crippen LogP contribution in [0.2, 0.25) is 0 Å². The van der Waals surface area contributed by atoms with Crippen LogP contribution in [0.5, 0.6) is 0 Å². The lowest BCUT2D eigenvalue weighted by atomic mass is 9.74. The number of allylic oxidation sites excluding steroid dienone is 2. The number of carbonyl (C=O) groups is 3. The third kappa shape index (κ3) is 10.3. The molecule has 222 valence electrons. The summed E-state index contributed by atoms with van der Waals surface area (Å²) in [5, 5.41) is 10.9. The SMILES string of the molecule is C=CCCCCC(=O)O[C@H]1/C(=C/C(=O)OC)C[C@@H](C[C@@H](O)[C@@H](C)OCCCC)O[C@@]1(OC)C(C)(C)/C=C/C=O. The van der Waals surface area contributed by atoms with Crippen LogP contribution in [0.1, 0.15) is 79.1 Å². The van der Waals surface area contributed by atoms with Crippen molar-refractivity contribution in [1.82, 2.24) is 0 Å². The number of methoxy groups -OCH3 is 2. The van der Waals surface area contributed by atoms with Crippen molar-refractivity contribution in [2.45, 2.75) is 109 Å². The van der Waals surface area contributed by atoms with E-state index in [1.54, 1.807) is 32.9 Å². The predicted molar refractivity (Wildman–Crippen MR) is 148 cm³/mol. The molecule has 0 radical (unpaired) electrons. The van der Waals surface area contributed by atoms with Crippen molar-refractivity contribution < 1.29 is 43.2 Å². The molecule has 0 aromatic heterocycles. The number of rotatable bonds is 18. The smallest absolute Gasteiger partial charge is 0.330 e. The van der Waals surface area contributed by atoms with E-state index in [2.05, 4.69) is 13.5 Å². The average molecular weight is 553 g/mol. The van der Waals surface area contributed by atoms with Crippen LogP contribution in [0.15, 0.2) is 36.5 Å². The van der Waals surface area contributed by atoms with Gasteiger partial charge in [-0.3, -0.25) is 9.59 Å². The predicted octanol–water partition coefficient (Wildman–Crippen LogP) is 4.61. The maximum Gasteiger partial charge on any atom is 0.330 e. The van der Waals surface area contributed by atoms with Gasteiger partial charge in [-0.25, -0.2) is 4.79 Å². The van der Waals surface area contributed by atoms with Crippen molar-refractivity contribution in [3.63, 3.8) is 0 Å². The number of hydrogen-bond donors (Lipinski definition) is 1. The van der Waals surface area contributed by atoms with Crippen molar-refractivity contribution in [3.8, 4) is 0 Å². The van der Waals surface area contributed by atoms with Crippen molar-refractivity contribution in [2.24, 2.45) is 5.41 Å². The Hall–Kier alpha value is -2.33. The molecule has 0 spiro atoms. The van der Waals surface area contributed by atoms with Gasteiger partial charge in [0.1, 0.15) is 6.29 Å². The molecule has 1 N–H and O–H groups in total. The number of aliphatic hydroxyl groups excluding tert-OH is 1. The lowest BCUT2D eigenvalue weighted by Gasteiger charge is -2.53. The van der Waals surface area contributed by atoms with Gasteiger partial charge in [0.05, 0.1) is 25.4 Å². The third-order valence-corrected chi connectivity index (χ3v) is 7.00. The monoisotopic (exact) mass is 552 g/mol. The zero-order valence-electron chi connectivity index (χ0n) is 24.5. The van der Waals surface area contributed by atoms with E-state index in [4.69, 9.17) is 23.7 Å². The zero-order chi connectivity index (χ0) is 29.5. The molecule has 1 saturated heterocycles. The molecule has 1 fully saturated rings. The second-order valence-corrected chi connectivity index (χ2v) is 10.4. The van der Waals surface area contributed by atoms with Crippen LogP contribution < -0.4 is 0 Å². The van der Waals surface area contributed by atoms with Gasteiger partial charge < -0.3 is 28.8 Å². The van der Waals surface area contributed by atoms with Crippen LogP contribution in [-0.2, 0) is 38.1 Å². The normalized spacial score (nSPS) is 24.3. The average Bonchev–Trinajstić information content (AvgIpc) is 2.90. The number of esters is 2. The van der Waals surface area contributed by atoms with Crippen LogP contribution in [-0.4, -0.2) is 74.4 Å². The van der Waals surface area contributed by atoms with Crippen LogP contribution >= 0.6 is 0 Å².